The molecule has 9 rings (SSSR count). The van der Waals surface area contributed by atoms with Crippen LogP contribution in [0.15, 0.2) is 36.4 Å². The molecule has 0 radical (unpaired) electrons. The number of morpholine rings is 1. The SMILES string of the molecule is COc1ccc2c(O[C@@H]3C[C@H]4C(=O)N[C@]5(C(=O)NS(=O)(=O)C6(C)CC6)C[C@H]5/C=C\CC[C@@H](C)C[C@@H](C)[C@H](NC(=O)OC5C[C@@H]6C[C@@H]6C5)C(=O)N4C3)nc(N3CCOCC3)cc2c1. The molecular weight excluding hydrogens is 817 g/mol. The Bertz CT molecular complexity index is 2240. The van der Waals surface area contributed by atoms with E-state index < -0.39 is 68.2 Å². The molecule has 3 aliphatic heterocycles. The summed E-state index contributed by atoms with van der Waals surface area (Å²) in [7, 11) is -2.41. The van der Waals surface area contributed by atoms with Gasteiger partial charge < -0.3 is 39.4 Å². The van der Waals surface area contributed by atoms with Gasteiger partial charge in [-0.15, -0.1) is 0 Å². The summed E-state index contributed by atoms with van der Waals surface area (Å²) in [5.74, 6) is 0.376. The Morgan fingerprint density at radius 1 is 1.00 bits per heavy atom. The number of benzene rings is 1. The Hall–Kier alpha value is -4.64. The van der Waals surface area contributed by atoms with Crippen LogP contribution in [0.2, 0.25) is 0 Å². The average molecular weight is 877 g/mol. The monoisotopic (exact) mass is 876 g/mol. The topological polar surface area (TPSA) is 195 Å². The third kappa shape index (κ3) is 8.55. The lowest BCUT2D eigenvalue weighted by Gasteiger charge is -2.33. The fraction of sp³-hybridized carbons (Fsp3) is 0.667. The number of nitrogens with zero attached hydrogens (tertiary/aromatic N) is 3. The van der Waals surface area contributed by atoms with Crippen molar-refractivity contribution in [1.29, 1.82) is 0 Å². The van der Waals surface area contributed by atoms with Crippen LogP contribution >= 0.6 is 0 Å². The molecule has 4 heterocycles. The van der Waals surface area contributed by atoms with Crippen LogP contribution in [0.3, 0.4) is 0 Å². The lowest BCUT2D eigenvalue weighted by molar-refractivity contribution is -0.142. The summed E-state index contributed by atoms with van der Waals surface area (Å²) in [5.41, 5.74) is -1.54. The highest BCUT2D eigenvalue weighted by Crippen LogP contribution is 2.52. The number of rotatable bonds is 9. The molecule has 1 aromatic carbocycles. The number of carbonyl (C=O) groups is 4. The second-order valence-electron chi connectivity index (χ2n) is 19.3. The van der Waals surface area contributed by atoms with E-state index in [-0.39, 0.29) is 37.3 Å². The second kappa shape index (κ2) is 16.5. The van der Waals surface area contributed by atoms with Crippen molar-refractivity contribution in [3.63, 3.8) is 0 Å². The van der Waals surface area contributed by atoms with E-state index in [0.29, 0.717) is 86.7 Å². The van der Waals surface area contributed by atoms with Crippen molar-refractivity contribution >= 4 is 50.4 Å². The Morgan fingerprint density at radius 2 is 1.76 bits per heavy atom. The molecule has 17 heteroatoms. The predicted molar refractivity (Wildman–Crippen MR) is 229 cm³/mol. The molecule has 2 aromatic rings. The van der Waals surface area contributed by atoms with Crippen LogP contribution < -0.4 is 29.7 Å². The minimum atomic E-state index is -4.01. The summed E-state index contributed by atoms with van der Waals surface area (Å²) in [4.78, 5) is 66.1. The number of methoxy groups -OCH3 is 1. The molecule has 6 fully saturated rings. The van der Waals surface area contributed by atoms with Crippen LogP contribution in [0.4, 0.5) is 10.6 Å². The number of pyridine rings is 1. The maximum Gasteiger partial charge on any atom is 0.408 e. The van der Waals surface area contributed by atoms with E-state index in [1.54, 1.807) is 14.0 Å². The van der Waals surface area contributed by atoms with Crippen LogP contribution in [-0.4, -0.2) is 117 Å². The number of ether oxygens (including phenoxy) is 4. The van der Waals surface area contributed by atoms with Gasteiger partial charge in [0.05, 0.1) is 31.6 Å². The molecule has 4 aliphatic carbocycles. The number of anilines is 1. The van der Waals surface area contributed by atoms with Gasteiger partial charge in [0.15, 0.2) is 0 Å². The summed E-state index contributed by atoms with van der Waals surface area (Å²) >= 11 is 0. The summed E-state index contributed by atoms with van der Waals surface area (Å²) in [6, 6.07) is 5.42. The van der Waals surface area contributed by atoms with Crippen molar-refractivity contribution < 1.29 is 46.5 Å². The van der Waals surface area contributed by atoms with Crippen molar-refractivity contribution in [2.75, 3.05) is 44.9 Å². The first-order valence-corrected chi connectivity index (χ1v) is 23.9. The van der Waals surface area contributed by atoms with E-state index in [2.05, 4.69) is 27.2 Å². The van der Waals surface area contributed by atoms with Gasteiger partial charge in [0.25, 0.3) is 5.91 Å². The quantitative estimate of drug-likeness (QED) is 0.305. The second-order valence-corrected chi connectivity index (χ2v) is 21.5. The summed E-state index contributed by atoms with van der Waals surface area (Å²) in [6.07, 6.45) is 8.30. The minimum Gasteiger partial charge on any atom is -0.497 e. The van der Waals surface area contributed by atoms with Gasteiger partial charge in [-0.25, -0.2) is 13.2 Å². The molecule has 0 bridgehead atoms. The highest BCUT2D eigenvalue weighted by molar-refractivity contribution is 7.91. The number of allylic oxidation sites excluding steroid dienone is 1. The molecule has 10 atom stereocenters. The zero-order valence-electron chi connectivity index (χ0n) is 36.1. The standard InChI is InChI=1S/C45H60N6O10S/c1-26-7-5-6-8-31-24-45(31,42(54)49-62(56,57)44(3)11-12-44)48-39(52)36-23-34(25-51(36)41(53)38(27(2)17-26)47-43(55)61-33-19-28-18-29(28)20-33)60-40-35-10-9-32(58-4)21-30(35)22-37(46-40)50-13-15-59-16-14-50/h6,8-10,21-22,26-29,31,33-34,36,38H,5,7,11-20,23-25H2,1-4H3,(H,47,55)(H,48,52)(H,49,54)/b8-6-/t26-,27-,28-,29+,31-,33?,34-,36+,38+,45-/m1/s1. The molecule has 2 saturated heterocycles. The summed E-state index contributed by atoms with van der Waals surface area (Å²) in [5, 5.41) is 7.44. The minimum absolute atomic E-state index is 0.0191. The number of amides is 4. The maximum absolute atomic E-state index is 15.1. The van der Waals surface area contributed by atoms with E-state index >= 15 is 4.79 Å². The number of hydrogen-bond donors (Lipinski definition) is 3. The van der Waals surface area contributed by atoms with Gasteiger partial charge in [0.1, 0.15) is 41.4 Å². The van der Waals surface area contributed by atoms with E-state index in [1.165, 1.54) is 11.3 Å². The number of fused-ring (bicyclic) bond motifs is 4. The zero-order valence-corrected chi connectivity index (χ0v) is 36.9. The number of nitrogens with one attached hydrogen (secondary N) is 3. The summed E-state index contributed by atoms with van der Waals surface area (Å²) in [6.45, 7) is 8.00. The fourth-order valence-corrected chi connectivity index (χ4v) is 11.5. The molecule has 336 valence electrons. The van der Waals surface area contributed by atoms with Gasteiger partial charge in [-0.2, -0.15) is 4.98 Å². The highest BCUT2D eigenvalue weighted by atomic mass is 32.2. The van der Waals surface area contributed by atoms with Crippen LogP contribution in [0.25, 0.3) is 10.8 Å². The van der Waals surface area contributed by atoms with Crippen LogP contribution in [0.5, 0.6) is 11.6 Å². The fourth-order valence-electron chi connectivity index (χ4n) is 10.2. The lowest BCUT2D eigenvalue weighted by atomic mass is 9.88. The maximum atomic E-state index is 15.1. The van der Waals surface area contributed by atoms with Gasteiger partial charge in [0, 0.05) is 30.8 Å². The molecule has 1 aromatic heterocycles. The smallest absolute Gasteiger partial charge is 0.408 e. The highest BCUT2D eigenvalue weighted by Gasteiger charge is 2.63. The van der Waals surface area contributed by atoms with Gasteiger partial charge in [-0.05, 0) is 118 Å². The predicted octanol–water partition coefficient (Wildman–Crippen LogP) is 4.21. The number of aromatic nitrogens is 1. The van der Waals surface area contributed by atoms with Crippen LogP contribution in [0, 0.1) is 29.6 Å². The number of sulfonamides is 1. The first kappa shape index (κ1) is 42.7. The molecule has 62 heavy (non-hydrogen) atoms. The van der Waals surface area contributed by atoms with Gasteiger partial charge in [-0.1, -0.05) is 26.0 Å². The molecular formula is C45H60N6O10S. The van der Waals surface area contributed by atoms with Crippen molar-refractivity contribution in [2.24, 2.45) is 29.6 Å². The number of hydrogen-bond acceptors (Lipinski definition) is 12. The van der Waals surface area contributed by atoms with Crippen molar-refractivity contribution in [2.45, 2.75) is 120 Å². The molecule has 0 spiro atoms. The van der Waals surface area contributed by atoms with E-state index in [9.17, 15) is 22.8 Å². The third-order valence-electron chi connectivity index (χ3n) is 14.6. The Labute approximate surface area is 363 Å². The number of carbonyl (C=O) groups excluding carboxylic acids is 4. The molecule has 4 amide bonds. The zero-order chi connectivity index (χ0) is 43.6. The van der Waals surface area contributed by atoms with Gasteiger partial charge in [-0.3, -0.25) is 19.1 Å². The largest absolute Gasteiger partial charge is 0.497 e. The van der Waals surface area contributed by atoms with Crippen LogP contribution in [-0.2, 0) is 33.9 Å². The van der Waals surface area contributed by atoms with E-state index in [4.69, 9.17) is 23.9 Å². The van der Waals surface area contributed by atoms with Crippen molar-refractivity contribution in [3.8, 4) is 11.6 Å². The lowest BCUT2D eigenvalue weighted by Crippen LogP contribution is -2.59. The van der Waals surface area contributed by atoms with E-state index in [1.807, 2.05) is 43.3 Å². The Balaban J connectivity index is 1.04. The summed E-state index contributed by atoms with van der Waals surface area (Å²) < 4.78 is 51.7. The molecule has 7 aliphatic rings. The van der Waals surface area contributed by atoms with Gasteiger partial charge in [0.2, 0.25) is 27.7 Å². The third-order valence-corrected chi connectivity index (χ3v) is 16.8. The average Bonchev–Trinajstić information content (AvgIpc) is 4.21. The molecule has 16 nitrogen and oxygen atoms in total. The Morgan fingerprint density at radius 3 is 2.48 bits per heavy atom. The normalized spacial score (nSPS) is 34.6. The number of alkyl carbamates (subject to hydrolysis) is 1. The first-order valence-electron chi connectivity index (χ1n) is 22.5. The molecule has 1 unspecified atom stereocenters. The first-order chi connectivity index (χ1) is 29.6. The van der Waals surface area contributed by atoms with Crippen LogP contribution in [0.1, 0.15) is 85.0 Å². The van der Waals surface area contributed by atoms with E-state index in [0.717, 1.165) is 24.6 Å². The molecule has 4 saturated carbocycles. The molecule has 3 N–H and O–H groups in total. The van der Waals surface area contributed by atoms with Gasteiger partial charge >= 0.3 is 6.09 Å². The van der Waals surface area contributed by atoms with Crippen molar-refractivity contribution in [3.05, 3.63) is 36.4 Å². The van der Waals surface area contributed by atoms with Crippen molar-refractivity contribution in [1.82, 2.24) is 25.2 Å². The Kier molecular flexibility index (Phi) is 11.3.